The molecule has 13 heavy (non-hydrogen) atoms. The van der Waals surface area contributed by atoms with Crippen LogP contribution >= 0.6 is 0 Å². The van der Waals surface area contributed by atoms with Gasteiger partial charge in [0.2, 0.25) is 0 Å². The summed E-state index contributed by atoms with van der Waals surface area (Å²) in [6.45, 7) is 3.89. The van der Waals surface area contributed by atoms with Gasteiger partial charge in [0.15, 0.2) is 9.84 Å². The van der Waals surface area contributed by atoms with Gasteiger partial charge in [0.1, 0.15) is 0 Å². The van der Waals surface area contributed by atoms with Gasteiger partial charge in [-0.05, 0) is 39.5 Å². The molecule has 0 spiro atoms. The minimum atomic E-state index is -2.86. The zero-order chi connectivity index (χ0) is 9.74. The van der Waals surface area contributed by atoms with Gasteiger partial charge in [-0.1, -0.05) is 12.8 Å². The Labute approximate surface area is 80.6 Å². The predicted octanol–water partition coefficient (Wildman–Crippen LogP) is 2.29. The fraction of sp³-hybridized carbons (Fsp3) is 1.00. The molecule has 0 amide bonds. The van der Waals surface area contributed by atoms with Crippen molar-refractivity contribution in [2.45, 2.75) is 61.9 Å². The van der Waals surface area contributed by atoms with Crippen molar-refractivity contribution in [2.24, 2.45) is 0 Å². The summed E-state index contributed by atoms with van der Waals surface area (Å²) in [5, 5.41) is 0. The minimum absolute atomic E-state index is 0.391. The van der Waals surface area contributed by atoms with Crippen molar-refractivity contribution >= 4 is 9.84 Å². The van der Waals surface area contributed by atoms with Crippen LogP contribution in [0.15, 0.2) is 0 Å². The van der Waals surface area contributed by atoms with Crippen LogP contribution in [0.2, 0.25) is 0 Å². The van der Waals surface area contributed by atoms with Gasteiger partial charge in [-0.25, -0.2) is 8.42 Å². The minimum Gasteiger partial charge on any atom is -0.228 e. The van der Waals surface area contributed by atoms with E-state index < -0.39 is 19.3 Å². The number of sulfone groups is 1. The third kappa shape index (κ3) is 1.03. The summed E-state index contributed by atoms with van der Waals surface area (Å²) in [7, 11) is -2.86. The molecule has 0 aromatic heterocycles. The van der Waals surface area contributed by atoms with Crippen LogP contribution in [0, 0.1) is 0 Å². The van der Waals surface area contributed by atoms with Crippen molar-refractivity contribution in [2.75, 3.05) is 0 Å². The van der Waals surface area contributed by atoms with Gasteiger partial charge >= 0.3 is 0 Å². The first-order valence-corrected chi connectivity index (χ1v) is 6.64. The van der Waals surface area contributed by atoms with Gasteiger partial charge in [-0.3, -0.25) is 0 Å². The Bertz CT molecular complexity index is 286. The Morgan fingerprint density at radius 1 is 0.846 bits per heavy atom. The second-order valence-electron chi connectivity index (χ2n) is 5.11. The van der Waals surface area contributed by atoms with Crippen molar-refractivity contribution in [1.82, 2.24) is 0 Å². The summed E-state index contributed by atoms with van der Waals surface area (Å²) in [5.41, 5.74) is 0. The van der Waals surface area contributed by atoms with Gasteiger partial charge in [-0.15, -0.1) is 0 Å². The molecule has 2 atom stereocenters. The Hall–Kier alpha value is -0.0500. The second kappa shape index (κ2) is 2.50. The summed E-state index contributed by atoms with van der Waals surface area (Å²) in [6.07, 6.45) is 5.70. The monoisotopic (exact) mass is 202 g/mol. The molecule has 0 aliphatic carbocycles. The van der Waals surface area contributed by atoms with E-state index in [0.29, 0.717) is 0 Å². The first-order chi connectivity index (χ1) is 5.91. The first-order valence-electron chi connectivity index (χ1n) is 5.16. The molecule has 2 unspecified atom stereocenters. The van der Waals surface area contributed by atoms with Crippen molar-refractivity contribution in [3.8, 4) is 0 Å². The largest absolute Gasteiger partial charge is 0.228 e. The van der Waals surface area contributed by atoms with Crippen LogP contribution in [0.25, 0.3) is 0 Å². The fourth-order valence-electron chi connectivity index (χ4n) is 2.91. The average Bonchev–Trinajstić information content (AvgIpc) is 2.15. The quantitative estimate of drug-likeness (QED) is 0.604. The lowest BCUT2D eigenvalue weighted by Gasteiger charge is -2.25. The molecule has 2 heterocycles. The van der Waals surface area contributed by atoms with E-state index in [4.69, 9.17) is 0 Å². The van der Waals surface area contributed by atoms with Crippen LogP contribution in [-0.2, 0) is 9.84 Å². The zero-order valence-electron chi connectivity index (χ0n) is 8.47. The smallest absolute Gasteiger partial charge is 0.161 e. The summed E-state index contributed by atoms with van der Waals surface area (Å²) >= 11 is 0. The highest BCUT2D eigenvalue weighted by atomic mass is 32.2. The standard InChI is InChI=1S/C10H18O2S/c1-9-5-3-4-6-10(2,8-7-9)13(9,11)12/h3-8H2,1-2H3. The van der Waals surface area contributed by atoms with Crippen LogP contribution < -0.4 is 0 Å². The van der Waals surface area contributed by atoms with Gasteiger partial charge < -0.3 is 0 Å². The summed E-state index contributed by atoms with van der Waals surface area (Å²) in [4.78, 5) is 0. The predicted molar refractivity (Wildman–Crippen MR) is 53.4 cm³/mol. The molecule has 0 aromatic carbocycles. The number of hydrogen-bond donors (Lipinski definition) is 0. The summed E-state index contributed by atoms with van der Waals surface area (Å²) in [5.74, 6) is 0. The molecule has 2 rings (SSSR count). The van der Waals surface area contributed by atoms with Crippen molar-refractivity contribution in [3.63, 3.8) is 0 Å². The molecule has 2 saturated heterocycles. The summed E-state index contributed by atoms with van der Waals surface area (Å²) in [6, 6.07) is 0. The Balaban J connectivity index is 2.54. The average molecular weight is 202 g/mol. The van der Waals surface area contributed by atoms with Crippen LogP contribution in [0.4, 0.5) is 0 Å². The highest BCUT2D eigenvalue weighted by molar-refractivity contribution is 7.94. The van der Waals surface area contributed by atoms with E-state index in [0.717, 1.165) is 38.5 Å². The molecular weight excluding hydrogens is 184 g/mol. The summed E-state index contributed by atoms with van der Waals surface area (Å²) < 4.78 is 23.7. The van der Waals surface area contributed by atoms with Crippen LogP contribution in [0.1, 0.15) is 52.4 Å². The fourth-order valence-corrected chi connectivity index (χ4v) is 5.67. The van der Waals surface area contributed by atoms with E-state index in [1.807, 2.05) is 13.8 Å². The molecular formula is C10H18O2S. The van der Waals surface area contributed by atoms with Crippen molar-refractivity contribution < 1.29 is 8.42 Å². The zero-order valence-corrected chi connectivity index (χ0v) is 9.28. The first kappa shape index (κ1) is 9.50. The Kier molecular flexibility index (Phi) is 1.83. The van der Waals surface area contributed by atoms with Gasteiger partial charge in [0.25, 0.3) is 0 Å². The second-order valence-corrected chi connectivity index (χ2v) is 8.09. The maximum Gasteiger partial charge on any atom is 0.161 e. The Morgan fingerprint density at radius 3 is 1.62 bits per heavy atom. The SMILES string of the molecule is CC12CCCCC(C)(CC1)S2(=O)=O. The number of rotatable bonds is 0. The number of hydrogen-bond acceptors (Lipinski definition) is 2. The van der Waals surface area contributed by atoms with Crippen LogP contribution in [0.5, 0.6) is 0 Å². The van der Waals surface area contributed by atoms with Crippen LogP contribution in [0.3, 0.4) is 0 Å². The van der Waals surface area contributed by atoms with Gasteiger partial charge in [0.05, 0.1) is 9.49 Å². The molecule has 76 valence electrons. The van der Waals surface area contributed by atoms with E-state index in [2.05, 4.69) is 0 Å². The van der Waals surface area contributed by atoms with Crippen LogP contribution in [-0.4, -0.2) is 17.9 Å². The molecule has 2 nitrogen and oxygen atoms in total. The lowest BCUT2D eigenvalue weighted by molar-refractivity contribution is 0.434. The molecule has 3 heteroatoms. The maximum atomic E-state index is 12.2. The van der Waals surface area contributed by atoms with E-state index in [-0.39, 0.29) is 0 Å². The lowest BCUT2D eigenvalue weighted by Crippen LogP contribution is -2.38. The number of fused-ring (bicyclic) bond motifs is 2. The highest BCUT2D eigenvalue weighted by Crippen LogP contribution is 2.51. The Morgan fingerprint density at radius 2 is 1.23 bits per heavy atom. The van der Waals surface area contributed by atoms with E-state index >= 15 is 0 Å². The highest BCUT2D eigenvalue weighted by Gasteiger charge is 2.57. The van der Waals surface area contributed by atoms with Crippen molar-refractivity contribution in [3.05, 3.63) is 0 Å². The van der Waals surface area contributed by atoms with E-state index in [1.54, 1.807) is 0 Å². The molecule has 2 fully saturated rings. The molecule has 2 aliphatic heterocycles. The van der Waals surface area contributed by atoms with E-state index in [1.165, 1.54) is 0 Å². The molecule has 2 aliphatic rings. The third-order valence-corrected chi connectivity index (χ3v) is 7.55. The van der Waals surface area contributed by atoms with Gasteiger partial charge in [0, 0.05) is 0 Å². The molecule has 2 bridgehead atoms. The van der Waals surface area contributed by atoms with Crippen molar-refractivity contribution in [1.29, 1.82) is 0 Å². The normalized spacial score (nSPS) is 48.8. The maximum absolute atomic E-state index is 12.2. The molecule has 0 saturated carbocycles. The molecule has 0 aromatic rings. The third-order valence-electron chi connectivity index (χ3n) is 4.14. The molecule has 0 N–H and O–H groups in total. The molecule has 0 radical (unpaired) electrons. The lowest BCUT2D eigenvalue weighted by atomic mass is 9.87. The van der Waals surface area contributed by atoms with Gasteiger partial charge in [-0.2, -0.15) is 0 Å². The van der Waals surface area contributed by atoms with E-state index in [9.17, 15) is 8.42 Å². The topological polar surface area (TPSA) is 34.1 Å².